The van der Waals surface area contributed by atoms with Crippen LogP contribution in [0, 0.1) is 0 Å². The van der Waals surface area contributed by atoms with Crippen molar-refractivity contribution in [2.75, 3.05) is 7.11 Å². The van der Waals surface area contributed by atoms with Gasteiger partial charge in [-0.1, -0.05) is 30.8 Å². The standard InChI is InChI=1S/C21H20N4O/c1-16(17-11-13-19(26-2)14-12-17)24-25-21(20-10-6-7-15-22-20)23-18-8-4-3-5-9-18/h3-15,24H,1H2,2H3,(H,23,25). The van der Waals surface area contributed by atoms with Crippen molar-refractivity contribution in [1.29, 1.82) is 0 Å². The lowest BCUT2D eigenvalue weighted by Gasteiger charge is -2.14. The summed E-state index contributed by atoms with van der Waals surface area (Å²) in [4.78, 5) is 9.01. The topological polar surface area (TPSA) is 58.5 Å². The van der Waals surface area contributed by atoms with Gasteiger partial charge in [-0.2, -0.15) is 0 Å². The first-order valence-corrected chi connectivity index (χ1v) is 8.17. The van der Waals surface area contributed by atoms with E-state index in [1.165, 1.54) is 0 Å². The molecule has 0 aliphatic carbocycles. The first kappa shape index (κ1) is 17.2. The Balaban J connectivity index is 1.77. The molecule has 1 aromatic heterocycles. The summed E-state index contributed by atoms with van der Waals surface area (Å²) in [6, 6.07) is 23.0. The number of hydrazine groups is 1. The highest BCUT2D eigenvalue weighted by atomic mass is 16.5. The molecule has 3 rings (SSSR count). The number of aromatic nitrogens is 1. The van der Waals surface area contributed by atoms with E-state index in [-0.39, 0.29) is 0 Å². The number of para-hydroxylation sites is 1. The van der Waals surface area contributed by atoms with Gasteiger partial charge in [0.2, 0.25) is 0 Å². The molecule has 5 nitrogen and oxygen atoms in total. The SMILES string of the molecule is C=C(NNC(=Nc1ccccc1)c1ccccn1)c1ccc(OC)cc1. The van der Waals surface area contributed by atoms with E-state index in [9.17, 15) is 0 Å². The number of nitrogens with zero attached hydrogens (tertiary/aromatic N) is 2. The Hall–Kier alpha value is -3.60. The van der Waals surface area contributed by atoms with Crippen molar-refractivity contribution < 1.29 is 4.74 Å². The molecule has 0 spiro atoms. The Bertz CT molecular complexity index is 875. The Morgan fingerprint density at radius 1 is 0.923 bits per heavy atom. The molecule has 2 N–H and O–H groups in total. The lowest BCUT2D eigenvalue weighted by molar-refractivity contribution is 0.415. The van der Waals surface area contributed by atoms with Crippen LogP contribution in [0.5, 0.6) is 5.75 Å². The Morgan fingerprint density at radius 2 is 1.65 bits per heavy atom. The molecule has 0 radical (unpaired) electrons. The molecule has 0 atom stereocenters. The number of pyridine rings is 1. The lowest BCUT2D eigenvalue weighted by atomic mass is 10.2. The van der Waals surface area contributed by atoms with Crippen molar-refractivity contribution >= 4 is 17.2 Å². The number of nitrogens with one attached hydrogen (secondary N) is 2. The average molecular weight is 344 g/mol. The maximum Gasteiger partial charge on any atom is 0.171 e. The molecule has 0 saturated heterocycles. The van der Waals surface area contributed by atoms with E-state index >= 15 is 0 Å². The Labute approximate surface area is 153 Å². The maximum atomic E-state index is 5.18. The van der Waals surface area contributed by atoms with Crippen LogP contribution in [-0.4, -0.2) is 17.9 Å². The number of benzene rings is 2. The van der Waals surface area contributed by atoms with Crippen LogP contribution in [0.1, 0.15) is 11.3 Å². The third-order valence-electron chi connectivity index (χ3n) is 3.67. The van der Waals surface area contributed by atoms with E-state index in [1.54, 1.807) is 13.3 Å². The van der Waals surface area contributed by atoms with Gasteiger partial charge in [0.05, 0.1) is 18.5 Å². The largest absolute Gasteiger partial charge is 0.497 e. The van der Waals surface area contributed by atoms with E-state index in [2.05, 4.69) is 27.4 Å². The van der Waals surface area contributed by atoms with Crippen LogP contribution >= 0.6 is 0 Å². The molecule has 0 amide bonds. The minimum atomic E-state index is 0.603. The van der Waals surface area contributed by atoms with Crippen molar-refractivity contribution in [3.8, 4) is 5.75 Å². The monoisotopic (exact) mass is 344 g/mol. The van der Waals surface area contributed by atoms with Crippen molar-refractivity contribution in [2.24, 2.45) is 4.99 Å². The normalized spacial score (nSPS) is 10.9. The molecule has 26 heavy (non-hydrogen) atoms. The van der Waals surface area contributed by atoms with Gasteiger partial charge >= 0.3 is 0 Å². The summed E-state index contributed by atoms with van der Waals surface area (Å²) in [5, 5.41) is 0. The number of amidine groups is 1. The van der Waals surface area contributed by atoms with Crippen LogP contribution in [0.15, 0.2) is 90.6 Å². The van der Waals surface area contributed by atoms with Gasteiger partial charge in [0.15, 0.2) is 5.84 Å². The summed E-state index contributed by atoms with van der Waals surface area (Å²) in [6.45, 7) is 4.06. The molecule has 130 valence electrons. The van der Waals surface area contributed by atoms with Gasteiger partial charge in [-0.15, -0.1) is 0 Å². The first-order chi connectivity index (χ1) is 12.8. The van der Waals surface area contributed by atoms with Crippen molar-refractivity contribution in [3.63, 3.8) is 0 Å². The molecule has 0 fully saturated rings. The predicted molar refractivity (Wildman–Crippen MR) is 105 cm³/mol. The van der Waals surface area contributed by atoms with E-state index in [1.807, 2.05) is 72.8 Å². The second kappa shape index (κ2) is 8.48. The maximum absolute atomic E-state index is 5.18. The highest BCUT2D eigenvalue weighted by molar-refractivity contribution is 5.98. The summed E-state index contributed by atoms with van der Waals surface area (Å²) in [6.07, 6.45) is 1.73. The van der Waals surface area contributed by atoms with Crippen molar-refractivity contribution in [3.05, 3.63) is 96.8 Å². The Morgan fingerprint density at radius 3 is 2.31 bits per heavy atom. The van der Waals surface area contributed by atoms with Crippen molar-refractivity contribution in [2.45, 2.75) is 0 Å². The zero-order chi connectivity index (χ0) is 18.2. The van der Waals surface area contributed by atoms with Gasteiger partial charge in [0.1, 0.15) is 11.4 Å². The zero-order valence-corrected chi connectivity index (χ0v) is 14.5. The van der Waals surface area contributed by atoms with Crippen LogP contribution in [0.3, 0.4) is 0 Å². The van der Waals surface area contributed by atoms with Crippen LogP contribution < -0.4 is 15.6 Å². The van der Waals surface area contributed by atoms with Gasteiger partial charge in [-0.3, -0.25) is 15.8 Å². The van der Waals surface area contributed by atoms with E-state index < -0.39 is 0 Å². The summed E-state index contributed by atoms with van der Waals surface area (Å²) in [7, 11) is 1.64. The molecule has 5 heteroatoms. The number of hydrogen-bond donors (Lipinski definition) is 2. The molecule has 0 bridgehead atoms. The second-order valence-electron chi connectivity index (χ2n) is 5.47. The smallest absolute Gasteiger partial charge is 0.171 e. The second-order valence-corrected chi connectivity index (χ2v) is 5.47. The number of rotatable bonds is 6. The van der Waals surface area contributed by atoms with Gasteiger partial charge in [-0.05, 0) is 54.1 Å². The van der Waals surface area contributed by atoms with Crippen LogP contribution in [-0.2, 0) is 0 Å². The minimum Gasteiger partial charge on any atom is -0.497 e. The van der Waals surface area contributed by atoms with E-state index in [0.29, 0.717) is 11.5 Å². The molecular weight excluding hydrogens is 324 g/mol. The van der Waals surface area contributed by atoms with Gasteiger partial charge < -0.3 is 4.74 Å². The van der Waals surface area contributed by atoms with E-state index in [0.717, 1.165) is 22.7 Å². The molecule has 0 aliphatic heterocycles. The fraction of sp³-hybridized carbons (Fsp3) is 0.0476. The van der Waals surface area contributed by atoms with Crippen LogP contribution in [0.2, 0.25) is 0 Å². The highest BCUT2D eigenvalue weighted by Gasteiger charge is 2.06. The third-order valence-corrected chi connectivity index (χ3v) is 3.67. The average Bonchev–Trinajstić information content (AvgIpc) is 2.72. The fourth-order valence-corrected chi connectivity index (χ4v) is 2.28. The number of hydrogen-bond acceptors (Lipinski definition) is 4. The molecule has 2 aromatic carbocycles. The van der Waals surface area contributed by atoms with Gasteiger partial charge in [-0.25, -0.2) is 4.99 Å². The quantitative estimate of drug-likeness (QED) is 0.404. The van der Waals surface area contributed by atoms with Crippen LogP contribution in [0.25, 0.3) is 5.70 Å². The number of methoxy groups -OCH3 is 1. The van der Waals surface area contributed by atoms with E-state index in [4.69, 9.17) is 4.74 Å². The zero-order valence-electron chi connectivity index (χ0n) is 14.5. The molecular formula is C21H20N4O. The summed E-state index contributed by atoms with van der Waals surface area (Å²) in [5.74, 6) is 1.40. The third kappa shape index (κ3) is 4.48. The molecule has 0 aliphatic rings. The molecule has 0 unspecified atom stereocenters. The molecule has 0 saturated carbocycles. The highest BCUT2D eigenvalue weighted by Crippen LogP contribution is 2.15. The lowest BCUT2D eigenvalue weighted by Crippen LogP contribution is -2.36. The molecule has 1 heterocycles. The molecule has 3 aromatic rings. The predicted octanol–water partition coefficient (Wildman–Crippen LogP) is 3.93. The first-order valence-electron chi connectivity index (χ1n) is 8.17. The Kier molecular flexibility index (Phi) is 5.62. The summed E-state index contributed by atoms with van der Waals surface area (Å²) >= 11 is 0. The van der Waals surface area contributed by atoms with Gasteiger partial charge in [0.25, 0.3) is 0 Å². The van der Waals surface area contributed by atoms with Crippen molar-refractivity contribution in [1.82, 2.24) is 15.8 Å². The summed E-state index contributed by atoms with van der Waals surface area (Å²) < 4.78 is 5.18. The minimum absolute atomic E-state index is 0.603. The van der Waals surface area contributed by atoms with Gasteiger partial charge in [0, 0.05) is 6.20 Å². The fourth-order valence-electron chi connectivity index (χ4n) is 2.28. The number of ether oxygens (including phenoxy) is 1. The van der Waals surface area contributed by atoms with Crippen LogP contribution in [0.4, 0.5) is 5.69 Å². The summed E-state index contributed by atoms with van der Waals surface area (Å²) in [5.41, 5.74) is 9.43. The number of aliphatic imine (C=N–C) groups is 1.